The number of para-hydroxylation sites is 1. The molecule has 1 unspecified atom stereocenters. The summed E-state index contributed by atoms with van der Waals surface area (Å²) in [6, 6.07) is 6.75. The van der Waals surface area contributed by atoms with Gasteiger partial charge < -0.3 is 9.84 Å². The molecule has 1 aromatic carbocycles. The van der Waals surface area contributed by atoms with E-state index >= 15 is 0 Å². The number of carbonyl (C=O) groups excluding carboxylic acids is 2. The highest BCUT2D eigenvalue weighted by atomic mass is 127. The Morgan fingerprint density at radius 3 is 2.74 bits per heavy atom. The summed E-state index contributed by atoms with van der Waals surface area (Å²) < 4.78 is 4.46. The molecule has 0 saturated heterocycles. The van der Waals surface area contributed by atoms with Gasteiger partial charge in [-0.15, -0.1) is 0 Å². The van der Waals surface area contributed by atoms with Crippen molar-refractivity contribution in [1.29, 1.82) is 0 Å². The van der Waals surface area contributed by atoms with Crippen LogP contribution in [0.25, 0.3) is 0 Å². The first-order chi connectivity index (χ1) is 9.10. The van der Waals surface area contributed by atoms with Crippen molar-refractivity contribution in [2.75, 3.05) is 18.5 Å². The van der Waals surface area contributed by atoms with Gasteiger partial charge in [-0.05, 0) is 25.5 Å². The number of benzene rings is 1. The maximum Gasteiger partial charge on any atom is 0.411 e. The lowest BCUT2D eigenvalue weighted by molar-refractivity contribution is 0.0985. The summed E-state index contributed by atoms with van der Waals surface area (Å²) >= 11 is 1.98. The van der Waals surface area contributed by atoms with Gasteiger partial charge in [0.1, 0.15) is 0 Å². The summed E-state index contributed by atoms with van der Waals surface area (Å²) in [6.45, 7) is 1.92. The molecule has 1 rings (SSSR count). The Labute approximate surface area is 125 Å². The lowest BCUT2D eigenvalue weighted by Crippen LogP contribution is -2.20. The highest BCUT2D eigenvalue weighted by molar-refractivity contribution is 14.1. The van der Waals surface area contributed by atoms with Gasteiger partial charge in [-0.3, -0.25) is 10.1 Å². The van der Waals surface area contributed by atoms with Crippen LogP contribution in [0.3, 0.4) is 0 Å². The van der Waals surface area contributed by atoms with Crippen LogP contribution in [0.15, 0.2) is 24.3 Å². The summed E-state index contributed by atoms with van der Waals surface area (Å²) in [7, 11) is 0. The summed E-state index contributed by atoms with van der Waals surface area (Å²) in [4.78, 5) is 23.6. The number of hydrogen-bond acceptors (Lipinski definition) is 4. The number of aliphatic hydroxyl groups excluding tert-OH is 1. The van der Waals surface area contributed by atoms with Crippen LogP contribution in [-0.4, -0.2) is 34.1 Å². The quantitative estimate of drug-likeness (QED) is 0.454. The van der Waals surface area contributed by atoms with Crippen LogP contribution in [0.5, 0.6) is 0 Å². The number of aliphatic hydroxyl groups is 1. The molecule has 104 valence electrons. The van der Waals surface area contributed by atoms with Gasteiger partial charge in [-0.1, -0.05) is 34.7 Å². The van der Waals surface area contributed by atoms with Crippen molar-refractivity contribution in [2.45, 2.75) is 17.3 Å². The van der Waals surface area contributed by atoms with Gasteiger partial charge in [0.15, 0.2) is 5.78 Å². The molecule has 2 N–H and O–H groups in total. The molecule has 5 nitrogen and oxygen atoms in total. The van der Waals surface area contributed by atoms with Crippen LogP contribution in [0.2, 0.25) is 0 Å². The molecule has 0 aliphatic rings. The zero-order valence-electron chi connectivity index (χ0n) is 10.6. The number of Topliss-reactive ketones (excluding diaryl/α,β-unsaturated/α-hetero) is 1. The second kappa shape index (κ2) is 8.11. The molecule has 0 radical (unpaired) electrons. The normalized spacial score (nSPS) is 11.7. The van der Waals surface area contributed by atoms with E-state index in [4.69, 9.17) is 9.84 Å². The van der Waals surface area contributed by atoms with Crippen molar-refractivity contribution in [3.63, 3.8) is 0 Å². The Bertz CT molecular complexity index is 450. The van der Waals surface area contributed by atoms with Crippen molar-refractivity contribution in [1.82, 2.24) is 0 Å². The fourth-order valence-corrected chi connectivity index (χ4v) is 2.11. The molecule has 0 bridgehead atoms. The predicted octanol–water partition coefficient (Wildman–Crippen LogP) is 2.62. The number of ketones is 1. The first-order valence-electron chi connectivity index (χ1n) is 5.92. The topological polar surface area (TPSA) is 75.6 Å². The lowest BCUT2D eigenvalue weighted by Gasteiger charge is -2.12. The fourth-order valence-electron chi connectivity index (χ4n) is 1.50. The third-order valence-electron chi connectivity index (χ3n) is 2.37. The monoisotopic (exact) mass is 377 g/mol. The van der Waals surface area contributed by atoms with E-state index in [0.717, 1.165) is 0 Å². The van der Waals surface area contributed by atoms with Crippen LogP contribution in [-0.2, 0) is 4.74 Å². The van der Waals surface area contributed by atoms with Crippen LogP contribution < -0.4 is 5.32 Å². The van der Waals surface area contributed by atoms with Gasteiger partial charge in [-0.25, -0.2) is 4.79 Å². The first-order valence-corrected chi connectivity index (χ1v) is 7.16. The zero-order chi connectivity index (χ0) is 14.3. The second-order valence-corrected chi connectivity index (χ2v) is 5.24. The maximum atomic E-state index is 12.2. The van der Waals surface area contributed by atoms with E-state index in [9.17, 15) is 9.59 Å². The standard InChI is InChI=1S/C13H16INO4/c1-2-19-13(18)15-11-6-4-3-5-9(11)12(17)10(14)7-8-16/h3-6,10,16H,2,7-8H2,1H3,(H,15,18). The van der Waals surface area contributed by atoms with E-state index in [1.165, 1.54) is 0 Å². The SMILES string of the molecule is CCOC(=O)Nc1ccccc1C(=O)C(I)CCO. The van der Waals surface area contributed by atoms with Crippen molar-refractivity contribution in [3.8, 4) is 0 Å². The van der Waals surface area contributed by atoms with Crippen molar-refractivity contribution in [3.05, 3.63) is 29.8 Å². The number of hydrogen-bond donors (Lipinski definition) is 2. The molecule has 1 aromatic rings. The molecule has 6 heteroatoms. The van der Waals surface area contributed by atoms with E-state index in [-0.39, 0.29) is 22.9 Å². The van der Waals surface area contributed by atoms with E-state index in [0.29, 0.717) is 17.7 Å². The largest absolute Gasteiger partial charge is 0.450 e. The van der Waals surface area contributed by atoms with Gasteiger partial charge in [-0.2, -0.15) is 0 Å². The average Bonchev–Trinajstić information content (AvgIpc) is 2.39. The Hall–Kier alpha value is -1.15. The average molecular weight is 377 g/mol. The molecular formula is C13H16INO4. The Morgan fingerprint density at radius 1 is 1.42 bits per heavy atom. The lowest BCUT2D eigenvalue weighted by atomic mass is 10.0. The number of carbonyl (C=O) groups is 2. The third kappa shape index (κ3) is 4.79. The van der Waals surface area contributed by atoms with E-state index in [1.807, 2.05) is 22.6 Å². The van der Waals surface area contributed by atoms with Crippen molar-refractivity contribution < 1.29 is 19.4 Å². The molecule has 0 aliphatic heterocycles. The van der Waals surface area contributed by atoms with Gasteiger partial charge in [0.05, 0.1) is 16.2 Å². The number of anilines is 1. The minimum Gasteiger partial charge on any atom is -0.450 e. The minimum atomic E-state index is -0.588. The number of alkyl halides is 1. The summed E-state index contributed by atoms with van der Waals surface area (Å²) in [6.07, 6.45) is -0.206. The molecule has 1 atom stereocenters. The highest BCUT2D eigenvalue weighted by Gasteiger charge is 2.20. The maximum absolute atomic E-state index is 12.2. The number of rotatable bonds is 6. The zero-order valence-corrected chi connectivity index (χ0v) is 12.7. The first kappa shape index (κ1) is 15.9. The van der Waals surface area contributed by atoms with Crippen LogP contribution in [0.4, 0.5) is 10.5 Å². The Kier molecular flexibility index (Phi) is 6.79. The Balaban J connectivity index is 2.89. The molecule has 0 aliphatic carbocycles. The summed E-state index contributed by atoms with van der Waals surface area (Å²) in [5, 5.41) is 11.4. The second-order valence-electron chi connectivity index (χ2n) is 3.74. The molecule has 0 fully saturated rings. The van der Waals surface area contributed by atoms with Crippen molar-refractivity contribution >= 4 is 40.2 Å². The van der Waals surface area contributed by atoms with Crippen molar-refractivity contribution in [2.24, 2.45) is 0 Å². The molecule has 1 amide bonds. The minimum absolute atomic E-state index is 0.0488. The number of nitrogens with one attached hydrogen (secondary N) is 1. The van der Waals surface area contributed by atoms with Gasteiger partial charge >= 0.3 is 6.09 Å². The fraction of sp³-hybridized carbons (Fsp3) is 0.385. The summed E-state index contributed by atoms with van der Waals surface area (Å²) in [5.41, 5.74) is 0.842. The van der Waals surface area contributed by atoms with Gasteiger partial charge in [0.25, 0.3) is 0 Å². The molecule has 0 saturated carbocycles. The molecule has 0 aromatic heterocycles. The summed E-state index contributed by atoms with van der Waals surface area (Å²) in [5.74, 6) is -0.123. The van der Waals surface area contributed by atoms with Crippen LogP contribution in [0.1, 0.15) is 23.7 Å². The number of halogens is 1. The van der Waals surface area contributed by atoms with Gasteiger partial charge in [0.2, 0.25) is 0 Å². The van der Waals surface area contributed by atoms with E-state index in [1.54, 1.807) is 31.2 Å². The molecular weight excluding hydrogens is 361 g/mol. The molecule has 0 spiro atoms. The number of amides is 1. The van der Waals surface area contributed by atoms with Gasteiger partial charge in [0, 0.05) is 12.2 Å². The van der Waals surface area contributed by atoms with Crippen LogP contribution in [0, 0.1) is 0 Å². The van der Waals surface area contributed by atoms with E-state index < -0.39 is 6.09 Å². The Morgan fingerprint density at radius 2 is 2.11 bits per heavy atom. The van der Waals surface area contributed by atoms with Crippen LogP contribution >= 0.6 is 22.6 Å². The smallest absolute Gasteiger partial charge is 0.411 e. The highest BCUT2D eigenvalue weighted by Crippen LogP contribution is 2.21. The molecule has 19 heavy (non-hydrogen) atoms. The predicted molar refractivity (Wildman–Crippen MR) is 80.9 cm³/mol. The number of ether oxygens (including phenoxy) is 1. The van der Waals surface area contributed by atoms with E-state index in [2.05, 4.69) is 5.32 Å². The molecule has 0 heterocycles. The third-order valence-corrected chi connectivity index (χ3v) is 3.56.